The van der Waals surface area contributed by atoms with Gasteiger partial charge in [-0.1, -0.05) is 64.7 Å². The minimum atomic E-state index is -0.185. The first kappa shape index (κ1) is 18.7. The number of rotatable bonds is 12. The topological polar surface area (TPSA) is 37.3 Å². The highest BCUT2D eigenvalue weighted by Crippen LogP contribution is 2.36. The van der Waals surface area contributed by atoms with Gasteiger partial charge in [0.2, 0.25) is 0 Å². The molecule has 1 fully saturated rings. The first-order valence-corrected chi connectivity index (χ1v) is 9.33. The first-order chi connectivity index (χ1) is 10.1. The van der Waals surface area contributed by atoms with Crippen LogP contribution in [0.25, 0.3) is 0 Å². The van der Waals surface area contributed by atoms with E-state index in [-0.39, 0.29) is 12.0 Å². The number of unbranched alkanes of at least 4 members (excludes halogenated alkanes) is 7. The highest BCUT2D eigenvalue weighted by atomic mass is 16.3. The van der Waals surface area contributed by atoms with Crippen LogP contribution in [0.3, 0.4) is 0 Å². The summed E-state index contributed by atoms with van der Waals surface area (Å²) < 4.78 is 0. The predicted molar refractivity (Wildman–Crippen MR) is 89.4 cm³/mol. The molecular weight excluding hydrogens is 260 g/mol. The van der Waals surface area contributed by atoms with Gasteiger partial charge in [0, 0.05) is 5.92 Å². The fourth-order valence-corrected chi connectivity index (χ4v) is 3.84. The molecule has 1 N–H and O–H groups in total. The molecule has 0 saturated heterocycles. The summed E-state index contributed by atoms with van der Waals surface area (Å²) in [7, 11) is 0. The van der Waals surface area contributed by atoms with Gasteiger partial charge in [-0.05, 0) is 38.5 Å². The largest absolute Gasteiger partial charge is 0.393 e. The molecule has 0 aromatic rings. The summed E-state index contributed by atoms with van der Waals surface area (Å²) >= 11 is 0. The van der Waals surface area contributed by atoms with Crippen molar-refractivity contribution in [3.63, 3.8) is 0 Å². The van der Waals surface area contributed by atoms with Crippen LogP contribution in [0.2, 0.25) is 0 Å². The summed E-state index contributed by atoms with van der Waals surface area (Å²) in [4.78, 5) is 11.6. The number of carbonyl (C=O) groups is 1. The standard InChI is InChI=1S/C19H36O2/c1-3-4-5-6-7-8-9-10-13-18(21)15-17-12-11-14-19(17)16(2)20/h17-19,21H,3-15H2,1-2H3. The van der Waals surface area contributed by atoms with E-state index in [2.05, 4.69) is 6.92 Å². The number of hydrogen-bond acceptors (Lipinski definition) is 2. The van der Waals surface area contributed by atoms with Gasteiger partial charge in [0.25, 0.3) is 0 Å². The van der Waals surface area contributed by atoms with Crippen LogP contribution in [0.4, 0.5) is 0 Å². The molecule has 0 radical (unpaired) electrons. The zero-order valence-electron chi connectivity index (χ0n) is 14.3. The zero-order chi connectivity index (χ0) is 15.5. The van der Waals surface area contributed by atoms with E-state index in [0.29, 0.717) is 11.7 Å². The van der Waals surface area contributed by atoms with Crippen molar-refractivity contribution in [3.8, 4) is 0 Å². The van der Waals surface area contributed by atoms with Crippen molar-refractivity contribution in [1.29, 1.82) is 0 Å². The summed E-state index contributed by atoms with van der Waals surface area (Å²) in [6, 6.07) is 0. The monoisotopic (exact) mass is 296 g/mol. The van der Waals surface area contributed by atoms with Crippen molar-refractivity contribution in [2.45, 2.75) is 103 Å². The molecule has 0 aromatic heterocycles. The molecular formula is C19H36O2. The molecule has 1 rings (SSSR count). The van der Waals surface area contributed by atoms with E-state index in [0.717, 1.165) is 32.1 Å². The lowest BCUT2D eigenvalue weighted by atomic mass is 9.87. The van der Waals surface area contributed by atoms with Crippen LogP contribution in [-0.2, 0) is 4.79 Å². The average molecular weight is 296 g/mol. The van der Waals surface area contributed by atoms with Gasteiger partial charge in [0.05, 0.1) is 6.10 Å². The second-order valence-corrected chi connectivity index (χ2v) is 7.06. The smallest absolute Gasteiger partial charge is 0.133 e. The van der Waals surface area contributed by atoms with E-state index < -0.39 is 0 Å². The molecule has 0 bridgehead atoms. The number of Topliss-reactive ketones (excluding diaryl/α,β-unsaturated/α-hetero) is 1. The minimum Gasteiger partial charge on any atom is -0.393 e. The summed E-state index contributed by atoms with van der Waals surface area (Å²) in [5, 5.41) is 10.2. The number of carbonyl (C=O) groups excluding carboxylic acids is 1. The Morgan fingerprint density at radius 3 is 2.29 bits per heavy atom. The normalized spacial score (nSPS) is 23.4. The fourth-order valence-electron chi connectivity index (χ4n) is 3.84. The lowest BCUT2D eigenvalue weighted by molar-refractivity contribution is -0.122. The Morgan fingerprint density at radius 2 is 1.67 bits per heavy atom. The third-order valence-corrected chi connectivity index (χ3v) is 5.15. The molecule has 0 spiro atoms. The van der Waals surface area contributed by atoms with E-state index in [1.165, 1.54) is 51.4 Å². The van der Waals surface area contributed by atoms with Crippen LogP contribution < -0.4 is 0 Å². The maximum Gasteiger partial charge on any atom is 0.133 e. The van der Waals surface area contributed by atoms with Crippen LogP contribution >= 0.6 is 0 Å². The number of aliphatic hydroxyl groups excluding tert-OH is 1. The maximum atomic E-state index is 11.6. The van der Waals surface area contributed by atoms with Crippen LogP contribution in [-0.4, -0.2) is 17.0 Å². The van der Waals surface area contributed by atoms with Crippen molar-refractivity contribution in [1.82, 2.24) is 0 Å². The zero-order valence-corrected chi connectivity index (χ0v) is 14.3. The number of aliphatic hydroxyl groups is 1. The lowest BCUT2D eigenvalue weighted by Gasteiger charge is -2.20. The molecule has 1 saturated carbocycles. The maximum absolute atomic E-state index is 11.6. The van der Waals surface area contributed by atoms with Crippen LogP contribution in [0.1, 0.15) is 97.3 Å². The third-order valence-electron chi connectivity index (χ3n) is 5.15. The molecule has 2 heteroatoms. The van der Waals surface area contributed by atoms with E-state index >= 15 is 0 Å². The molecule has 0 amide bonds. The lowest BCUT2D eigenvalue weighted by Crippen LogP contribution is -2.21. The van der Waals surface area contributed by atoms with Crippen molar-refractivity contribution < 1.29 is 9.90 Å². The summed E-state index contributed by atoms with van der Waals surface area (Å²) in [5.41, 5.74) is 0. The molecule has 0 aromatic carbocycles. The second kappa shape index (κ2) is 11.2. The van der Waals surface area contributed by atoms with E-state index in [1.807, 2.05) is 0 Å². The number of hydrogen-bond donors (Lipinski definition) is 1. The van der Waals surface area contributed by atoms with Crippen LogP contribution in [0, 0.1) is 11.8 Å². The summed E-state index contributed by atoms with van der Waals surface area (Å²) in [6.45, 7) is 3.97. The van der Waals surface area contributed by atoms with E-state index in [9.17, 15) is 9.90 Å². The van der Waals surface area contributed by atoms with Gasteiger partial charge in [-0.25, -0.2) is 0 Å². The highest BCUT2D eigenvalue weighted by Gasteiger charge is 2.31. The van der Waals surface area contributed by atoms with Gasteiger partial charge in [-0.2, -0.15) is 0 Å². The molecule has 3 unspecified atom stereocenters. The minimum absolute atomic E-state index is 0.185. The molecule has 2 nitrogen and oxygen atoms in total. The van der Waals surface area contributed by atoms with E-state index in [1.54, 1.807) is 6.92 Å². The van der Waals surface area contributed by atoms with Crippen molar-refractivity contribution in [2.24, 2.45) is 11.8 Å². The van der Waals surface area contributed by atoms with Crippen molar-refractivity contribution >= 4 is 5.78 Å². The molecule has 1 aliphatic rings. The van der Waals surface area contributed by atoms with Gasteiger partial charge in [-0.3, -0.25) is 4.79 Å². The quantitative estimate of drug-likeness (QED) is 0.498. The first-order valence-electron chi connectivity index (χ1n) is 9.33. The van der Waals surface area contributed by atoms with Gasteiger partial charge >= 0.3 is 0 Å². The van der Waals surface area contributed by atoms with Gasteiger partial charge in [0.15, 0.2) is 0 Å². The molecule has 0 heterocycles. The number of ketones is 1. The van der Waals surface area contributed by atoms with Crippen LogP contribution in [0.15, 0.2) is 0 Å². The Morgan fingerprint density at radius 1 is 1.05 bits per heavy atom. The molecule has 3 atom stereocenters. The van der Waals surface area contributed by atoms with Gasteiger partial charge in [0.1, 0.15) is 5.78 Å². The molecule has 21 heavy (non-hydrogen) atoms. The molecule has 0 aliphatic heterocycles. The van der Waals surface area contributed by atoms with Gasteiger partial charge in [-0.15, -0.1) is 0 Å². The predicted octanol–water partition coefficient (Wildman–Crippen LogP) is 5.27. The molecule has 124 valence electrons. The summed E-state index contributed by atoms with van der Waals surface area (Å²) in [6.07, 6.45) is 15.4. The second-order valence-electron chi connectivity index (χ2n) is 7.06. The van der Waals surface area contributed by atoms with Crippen molar-refractivity contribution in [2.75, 3.05) is 0 Å². The Labute approximate surface area is 131 Å². The Kier molecular flexibility index (Phi) is 9.99. The Balaban J connectivity index is 2.01. The van der Waals surface area contributed by atoms with Crippen molar-refractivity contribution in [3.05, 3.63) is 0 Å². The third kappa shape index (κ3) is 7.99. The SMILES string of the molecule is CCCCCCCCCCC(O)CC1CCCC1C(C)=O. The Bertz CT molecular complexity index is 275. The molecule has 1 aliphatic carbocycles. The highest BCUT2D eigenvalue weighted by molar-refractivity contribution is 5.78. The Hall–Kier alpha value is -0.370. The average Bonchev–Trinajstić information content (AvgIpc) is 2.90. The fraction of sp³-hybridized carbons (Fsp3) is 0.947. The van der Waals surface area contributed by atoms with Crippen LogP contribution in [0.5, 0.6) is 0 Å². The van der Waals surface area contributed by atoms with Gasteiger partial charge < -0.3 is 5.11 Å². The van der Waals surface area contributed by atoms with E-state index in [4.69, 9.17) is 0 Å². The summed E-state index contributed by atoms with van der Waals surface area (Å²) in [5.74, 6) is 1.02.